The van der Waals surface area contributed by atoms with Gasteiger partial charge in [0.2, 0.25) is 5.91 Å². The van der Waals surface area contributed by atoms with E-state index in [1.165, 1.54) is 7.11 Å². The number of carbonyl (C=O) groups excluding carboxylic acids is 2. The summed E-state index contributed by atoms with van der Waals surface area (Å²) in [4.78, 5) is 26.1. The normalized spacial score (nSPS) is 14.4. The van der Waals surface area contributed by atoms with Crippen molar-refractivity contribution in [3.63, 3.8) is 0 Å². The standard InChI is InChI=1S/C19H27NO4/c1-3-24-17-10-8-15(9-11-17)14-18(21)20(13-12-19(22)23-2)16-6-4-5-7-16/h8-11,16H,3-7,12-14H2,1-2H3. The molecule has 1 aliphatic rings. The molecule has 0 bridgehead atoms. The monoisotopic (exact) mass is 333 g/mol. The number of hydrogen-bond donors (Lipinski definition) is 0. The van der Waals surface area contributed by atoms with Crippen molar-refractivity contribution in [3.05, 3.63) is 29.8 Å². The van der Waals surface area contributed by atoms with Crippen molar-refractivity contribution in [2.45, 2.75) is 51.5 Å². The van der Waals surface area contributed by atoms with E-state index in [4.69, 9.17) is 9.47 Å². The molecule has 1 aromatic carbocycles. The molecule has 0 unspecified atom stereocenters. The van der Waals surface area contributed by atoms with Crippen LogP contribution >= 0.6 is 0 Å². The van der Waals surface area contributed by atoms with Gasteiger partial charge in [-0.1, -0.05) is 25.0 Å². The number of nitrogens with zero attached hydrogens (tertiary/aromatic N) is 1. The van der Waals surface area contributed by atoms with E-state index < -0.39 is 0 Å². The van der Waals surface area contributed by atoms with Crippen molar-refractivity contribution in [1.82, 2.24) is 4.90 Å². The lowest BCUT2D eigenvalue weighted by Crippen LogP contribution is -2.41. The van der Waals surface area contributed by atoms with Gasteiger partial charge < -0.3 is 14.4 Å². The maximum Gasteiger partial charge on any atom is 0.307 e. The van der Waals surface area contributed by atoms with Crippen LogP contribution in [-0.4, -0.2) is 43.1 Å². The van der Waals surface area contributed by atoms with E-state index in [0.717, 1.165) is 37.0 Å². The van der Waals surface area contributed by atoms with Gasteiger partial charge in [-0.05, 0) is 37.5 Å². The summed E-state index contributed by atoms with van der Waals surface area (Å²) in [6, 6.07) is 7.89. The second-order valence-electron chi connectivity index (χ2n) is 6.11. The summed E-state index contributed by atoms with van der Waals surface area (Å²) in [7, 11) is 1.38. The molecule has 0 radical (unpaired) electrons. The van der Waals surface area contributed by atoms with Gasteiger partial charge in [0, 0.05) is 12.6 Å². The van der Waals surface area contributed by atoms with Crippen molar-refractivity contribution in [3.8, 4) is 5.75 Å². The third-order valence-corrected chi connectivity index (χ3v) is 4.46. The van der Waals surface area contributed by atoms with E-state index in [1.54, 1.807) is 0 Å². The van der Waals surface area contributed by atoms with Crippen LogP contribution in [0.5, 0.6) is 5.75 Å². The number of carbonyl (C=O) groups is 2. The predicted octanol–water partition coefficient (Wildman–Crippen LogP) is 2.96. The highest BCUT2D eigenvalue weighted by Crippen LogP contribution is 2.24. The molecule has 0 spiro atoms. The molecule has 1 aromatic rings. The number of benzene rings is 1. The Hall–Kier alpha value is -2.04. The Morgan fingerprint density at radius 3 is 2.42 bits per heavy atom. The molecule has 132 valence electrons. The van der Waals surface area contributed by atoms with Gasteiger partial charge in [0.15, 0.2) is 0 Å². The zero-order valence-electron chi connectivity index (χ0n) is 14.6. The Morgan fingerprint density at radius 1 is 1.17 bits per heavy atom. The van der Waals surface area contributed by atoms with E-state index in [0.29, 0.717) is 19.6 Å². The number of esters is 1. The van der Waals surface area contributed by atoms with Gasteiger partial charge >= 0.3 is 5.97 Å². The fraction of sp³-hybridized carbons (Fsp3) is 0.579. The van der Waals surface area contributed by atoms with E-state index >= 15 is 0 Å². The van der Waals surface area contributed by atoms with E-state index in [-0.39, 0.29) is 24.3 Å². The minimum atomic E-state index is -0.271. The molecule has 5 heteroatoms. The average molecular weight is 333 g/mol. The number of rotatable bonds is 8. The molecular weight excluding hydrogens is 306 g/mol. The molecular formula is C19H27NO4. The van der Waals surface area contributed by atoms with E-state index in [1.807, 2.05) is 36.1 Å². The van der Waals surface area contributed by atoms with Crippen LogP contribution in [0.3, 0.4) is 0 Å². The maximum absolute atomic E-state index is 12.8. The first kappa shape index (κ1) is 18.3. The van der Waals surface area contributed by atoms with Crippen LogP contribution in [-0.2, 0) is 20.7 Å². The van der Waals surface area contributed by atoms with Crippen LogP contribution in [0.25, 0.3) is 0 Å². The van der Waals surface area contributed by atoms with Crippen molar-refractivity contribution >= 4 is 11.9 Å². The Balaban J connectivity index is 1.98. The minimum absolute atomic E-state index is 0.0787. The zero-order valence-corrected chi connectivity index (χ0v) is 14.6. The Kier molecular flexibility index (Phi) is 7.09. The maximum atomic E-state index is 12.8. The average Bonchev–Trinajstić information content (AvgIpc) is 3.11. The van der Waals surface area contributed by atoms with Crippen LogP contribution in [0.4, 0.5) is 0 Å². The van der Waals surface area contributed by atoms with E-state index in [9.17, 15) is 9.59 Å². The second kappa shape index (κ2) is 9.30. The molecule has 0 N–H and O–H groups in total. The van der Waals surface area contributed by atoms with Crippen LogP contribution < -0.4 is 4.74 Å². The number of methoxy groups -OCH3 is 1. The fourth-order valence-corrected chi connectivity index (χ4v) is 3.19. The Bertz CT molecular complexity index is 535. The van der Waals surface area contributed by atoms with Crippen LogP contribution in [0, 0.1) is 0 Å². The quantitative estimate of drug-likeness (QED) is 0.686. The summed E-state index contributed by atoms with van der Waals surface area (Å²) < 4.78 is 10.1. The summed E-state index contributed by atoms with van der Waals surface area (Å²) in [6.07, 6.45) is 4.95. The van der Waals surface area contributed by atoms with Crippen molar-refractivity contribution in [2.24, 2.45) is 0 Å². The Labute approximate surface area is 143 Å². The topological polar surface area (TPSA) is 55.8 Å². The fourth-order valence-electron chi connectivity index (χ4n) is 3.19. The molecule has 1 amide bonds. The largest absolute Gasteiger partial charge is 0.494 e. The third kappa shape index (κ3) is 5.25. The predicted molar refractivity (Wildman–Crippen MR) is 91.9 cm³/mol. The summed E-state index contributed by atoms with van der Waals surface area (Å²) in [6.45, 7) is 3.01. The van der Waals surface area contributed by atoms with Crippen LogP contribution in [0.15, 0.2) is 24.3 Å². The van der Waals surface area contributed by atoms with Gasteiger partial charge in [0.05, 0.1) is 26.6 Å². The van der Waals surface area contributed by atoms with Crippen molar-refractivity contribution in [2.75, 3.05) is 20.3 Å². The highest BCUT2D eigenvalue weighted by molar-refractivity contribution is 5.80. The second-order valence-corrected chi connectivity index (χ2v) is 6.11. The van der Waals surface area contributed by atoms with Gasteiger partial charge in [-0.2, -0.15) is 0 Å². The molecule has 0 atom stereocenters. The van der Waals surface area contributed by atoms with Crippen LogP contribution in [0.1, 0.15) is 44.6 Å². The van der Waals surface area contributed by atoms with Crippen molar-refractivity contribution < 1.29 is 19.1 Å². The SMILES string of the molecule is CCOc1ccc(CC(=O)N(CCC(=O)OC)C2CCCC2)cc1. The highest BCUT2D eigenvalue weighted by Gasteiger charge is 2.27. The smallest absolute Gasteiger partial charge is 0.307 e. The van der Waals surface area contributed by atoms with Crippen molar-refractivity contribution in [1.29, 1.82) is 0 Å². The lowest BCUT2D eigenvalue weighted by Gasteiger charge is -2.29. The molecule has 0 saturated heterocycles. The number of ether oxygens (including phenoxy) is 2. The minimum Gasteiger partial charge on any atom is -0.494 e. The zero-order chi connectivity index (χ0) is 17.4. The summed E-state index contributed by atoms with van der Waals surface area (Å²) in [5, 5.41) is 0. The van der Waals surface area contributed by atoms with Gasteiger partial charge in [-0.3, -0.25) is 9.59 Å². The van der Waals surface area contributed by atoms with Gasteiger partial charge in [0.25, 0.3) is 0 Å². The summed E-state index contributed by atoms with van der Waals surface area (Å²) in [5.41, 5.74) is 0.963. The molecule has 5 nitrogen and oxygen atoms in total. The molecule has 24 heavy (non-hydrogen) atoms. The number of amides is 1. The number of hydrogen-bond acceptors (Lipinski definition) is 4. The first-order valence-electron chi connectivity index (χ1n) is 8.72. The molecule has 0 heterocycles. The summed E-state index contributed by atoms with van der Waals surface area (Å²) in [5.74, 6) is 0.619. The summed E-state index contributed by atoms with van der Waals surface area (Å²) >= 11 is 0. The van der Waals surface area contributed by atoms with Gasteiger partial charge in [0.1, 0.15) is 5.75 Å². The Morgan fingerprint density at radius 2 is 1.83 bits per heavy atom. The lowest BCUT2D eigenvalue weighted by molar-refractivity contribution is -0.142. The first-order valence-corrected chi connectivity index (χ1v) is 8.72. The molecule has 1 saturated carbocycles. The molecule has 1 fully saturated rings. The molecule has 2 rings (SSSR count). The highest BCUT2D eigenvalue weighted by atomic mass is 16.5. The molecule has 0 aliphatic heterocycles. The van der Waals surface area contributed by atoms with E-state index in [2.05, 4.69) is 0 Å². The van der Waals surface area contributed by atoms with Crippen LogP contribution in [0.2, 0.25) is 0 Å². The van der Waals surface area contributed by atoms with Gasteiger partial charge in [-0.15, -0.1) is 0 Å². The molecule has 1 aliphatic carbocycles. The molecule has 0 aromatic heterocycles. The lowest BCUT2D eigenvalue weighted by atomic mass is 10.1. The van der Waals surface area contributed by atoms with Gasteiger partial charge in [-0.25, -0.2) is 0 Å². The first-order chi connectivity index (χ1) is 11.6. The third-order valence-electron chi connectivity index (χ3n) is 4.46.